The van der Waals surface area contributed by atoms with Gasteiger partial charge in [-0.2, -0.15) is 5.10 Å². The van der Waals surface area contributed by atoms with Crippen LogP contribution in [-0.4, -0.2) is 34.2 Å². The Morgan fingerprint density at radius 3 is 2.50 bits per heavy atom. The minimum absolute atomic E-state index is 0.176. The first kappa shape index (κ1) is 24.9. The van der Waals surface area contributed by atoms with E-state index in [0.29, 0.717) is 20.6 Å². The molecule has 4 rings (SSSR count). The van der Waals surface area contributed by atoms with Crippen molar-refractivity contribution in [1.29, 1.82) is 0 Å². The van der Waals surface area contributed by atoms with Crippen LogP contribution in [0.25, 0.3) is 10.6 Å². The van der Waals surface area contributed by atoms with Crippen LogP contribution in [-0.2, 0) is 9.59 Å². The third-order valence-electron chi connectivity index (χ3n) is 4.78. The molecule has 2 N–H and O–H groups in total. The topological polar surface area (TPSA) is 123 Å². The maximum Gasteiger partial charge on any atom is 0.343 e. The summed E-state index contributed by atoms with van der Waals surface area (Å²) in [5, 5.41) is 14.9. The molecule has 0 aliphatic heterocycles. The Labute approximate surface area is 218 Å². The molecule has 0 aliphatic carbocycles. The third-order valence-corrected chi connectivity index (χ3v) is 6.16. The number of halogens is 1. The van der Waals surface area contributed by atoms with Crippen molar-refractivity contribution in [3.05, 3.63) is 94.0 Å². The van der Waals surface area contributed by atoms with Gasteiger partial charge in [0.2, 0.25) is 5.13 Å². The zero-order valence-corrected chi connectivity index (χ0v) is 21.2. The molecule has 0 bridgehead atoms. The number of hydrogen-bond acceptors (Lipinski definition) is 8. The Bertz CT molecular complexity index is 1460. The molecule has 3 aromatic carbocycles. The molecule has 0 saturated heterocycles. The number of hydrazone groups is 1. The molecular weight excluding hydrogens is 546 g/mol. The predicted molar refractivity (Wildman–Crippen MR) is 140 cm³/mol. The third kappa shape index (κ3) is 6.26. The van der Waals surface area contributed by atoms with Gasteiger partial charge in [0.25, 0.3) is 0 Å². The molecule has 0 spiro atoms. The fourth-order valence-corrected chi connectivity index (χ4v) is 4.13. The summed E-state index contributed by atoms with van der Waals surface area (Å²) < 4.78 is 6.24. The number of amides is 2. The Morgan fingerprint density at radius 1 is 0.972 bits per heavy atom. The van der Waals surface area contributed by atoms with Crippen LogP contribution in [0.5, 0.6) is 5.75 Å². The second kappa shape index (κ2) is 11.5. The van der Waals surface area contributed by atoms with Gasteiger partial charge >= 0.3 is 17.8 Å². The van der Waals surface area contributed by atoms with Crippen LogP contribution in [0.3, 0.4) is 0 Å². The Balaban J connectivity index is 1.39. The van der Waals surface area contributed by atoms with E-state index in [1.807, 2.05) is 49.4 Å². The zero-order valence-electron chi connectivity index (χ0n) is 18.8. The van der Waals surface area contributed by atoms with Crippen molar-refractivity contribution in [1.82, 2.24) is 15.6 Å². The minimum atomic E-state index is -1.00. The van der Waals surface area contributed by atoms with Crippen molar-refractivity contribution in [2.24, 2.45) is 5.10 Å². The van der Waals surface area contributed by atoms with Gasteiger partial charge < -0.3 is 4.74 Å². The highest BCUT2D eigenvalue weighted by molar-refractivity contribution is 9.10. The molecule has 1 aromatic heterocycles. The van der Waals surface area contributed by atoms with Gasteiger partial charge in [0.05, 0.1) is 11.8 Å². The van der Waals surface area contributed by atoms with E-state index in [1.54, 1.807) is 30.3 Å². The Morgan fingerprint density at radius 2 is 1.72 bits per heavy atom. The maximum absolute atomic E-state index is 12.6. The van der Waals surface area contributed by atoms with Crippen LogP contribution in [0, 0.1) is 6.92 Å². The van der Waals surface area contributed by atoms with E-state index in [9.17, 15) is 14.4 Å². The summed E-state index contributed by atoms with van der Waals surface area (Å²) in [4.78, 5) is 37.0. The predicted octanol–water partition coefficient (Wildman–Crippen LogP) is 4.58. The van der Waals surface area contributed by atoms with Crippen LogP contribution < -0.4 is 15.5 Å². The Hall–Kier alpha value is -4.22. The summed E-state index contributed by atoms with van der Waals surface area (Å²) in [6, 6.07) is 21.3. The molecule has 36 heavy (non-hydrogen) atoms. The number of carbonyl (C=O) groups is 3. The van der Waals surface area contributed by atoms with Crippen molar-refractivity contribution in [2.45, 2.75) is 6.92 Å². The number of benzene rings is 3. The molecule has 9 nitrogen and oxygen atoms in total. The lowest BCUT2D eigenvalue weighted by atomic mass is 10.1. The van der Waals surface area contributed by atoms with Gasteiger partial charge in [-0.15, -0.1) is 10.2 Å². The number of anilines is 1. The first-order chi connectivity index (χ1) is 17.4. The van der Waals surface area contributed by atoms with E-state index in [1.165, 1.54) is 6.21 Å². The van der Waals surface area contributed by atoms with Gasteiger partial charge in [0.15, 0.2) is 0 Å². The van der Waals surface area contributed by atoms with Crippen LogP contribution in [0.1, 0.15) is 21.5 Å². The number of aryl methyl sites for hydroxylation is 1. The van der Waals surface area contributed by atoms with E-state index in [-0.39, 0.29) is 10.9 Å². The number of carbonyl (C=O) groups excluding carboxylic acids is 3. The second-order valence-electron chi connectivity index (χ2n) is 7.32. The van der Waals surface area contributed by atoms with E-state index >= 15 is 0 Å². The monoisotopic (exact) mass is 563 g/mol. The first-order valence-electron chi connectivity index (χ1n) is 10.5. The summed E-state index contributed by atoms with van der Waals surface area (Å²) in [6.45, 7) is 1.81. The number of nitrogens with one attached hydrogen (secondary N) is 2. The van der Waals surface area contributed by atoms with E-state index in [4.69, 9.17) is 4.74 Å². The number of ether oxygens (including phenoxy) is 1. The smallest absolute Gasteiger partial charge is 0.343 e. The fraction of sp³-hybridized carbons (Fsp3) is 0.0400. The number of nitrogens with zero attached hydrogens (tertiary/aromatic N) is 3. The van der Waals surface area contributed by atoms with Gasteiger partial charge in [-0.1, -0.05) is 75.8 Å². The van der Waals surface area contributed by atoms with Gasteiger partial charge in [0.1, 0.15) is 10.8 Å². The summed E-state index contributed by atoms with van der Waals surface area (Å²) in [7, 11) is 0. The molecule has 11 heteroatoms. The molecule has 0 atom stereocenters. The molecule has 2 amide bonds. The highest BCUT2D eigenvalue weighted by Crippen LogP contribution is 2.26. The van der Waals surface area contributed by atoms with Crippen molar-refractivity contribution in [3.63, 3.8) is 0 Å². The second-order valence-corrected chi connectivity index (χ2v) is 9.21. The van der Waals surface area contributed by atoms with Gasteiger partial charge in [-0.3, -0.25) is 14.9 Å². The van der Waals surface area contributed by atoms with E-state index < -0.39 is 17.8 Å². The average molecular weight is 564 g/mol. The number of rotatable bonds is 6. The fourth-order valence-electron chi connectivity index (χ4n) is 3.01. The lowest BCUT2D eigenvalue weighted by molar-refractivity contribution is -0.136. The molecule has 0 unspecified atom stereocenters. The standard InChI is InChI=1S/C25H18BrN5O4S/c1-15-7-5-6-10-19(15)24(34)35-20-12-11-18(26)13-17(20)14-27-29-22(33)21(32)28-25-31-30-23(36-25)16-8-3-2-4-9-16/h2-14H,1H3,(H,29,33)(H,28,31,32)/b27-14+. The van der Waals surface area contributed by atoms with Crippen molar-refractivity contribution in [3.8, 4) is 16.3 Å². The minimum Gasteiger partial charge on any atom is -0.422 e. The van der Waals surface area contributed by atoms with Crippen molar-refractivity contribution < 1.29 is 19.1 Å². The van der Waals surface area contributed by atoms with Crippen LogP contribution in [0.15, 0.2) is 82.4 Å². The highest BCUT2D eigenvalue weighted by Gasteiger charge is 2.17. The van der Waals surface area contributed by atoms with Gasteiger partial charge in [-0.25, -0.2) is 10.2 Å². The van der Waals surface area contributed by atoms with Crippen LogP contribution >= 0.6 is 27.3 Å². The molecular formula is C25H18BrN5O4S. The quantitative estimate of drug-likeness (QED) is 0.116. The largest absolute Gasteiger partial charge is 0.422 e. The number of hydrogen-bond donors (Lipinski definition) is 2. The zero-order chi connectivity index (χ0) is 25.5. The van der Waals surface area contributed by atoms with Crippen LogP contribution in [0.4, 0.5) is 5.13 Å². The number of esters is 1. The van der Waals surface area contributed by atoms with E-state index in [0.717, 1.165) is 22.5 Å². The summed E-state index contributed by atoms with van der Waals surface area (Å²) in [5.41, 5.74) is 4.61. The van der Waals surface area contributed by atoms with Gasteiger partial charge in [-0.05, 0) is 36.8 Å². The maximum atomic E-state index is 12.6. The first-order valence-corrected chi connectivity index (χ1v) is 12.1. The number of aromatic nitrogens is 2. The van der Waals surface area contributed by atoms with Crippen molar-refractivity contribution in [2.75, 3.05) is 5.32 Å². The summed E-state index contributed by atoms with van der Waals surface area (Å²) in [6.07, 6.45) is 1.27. The normalized spacial score (nSPS) is 10.7. The molecule has 180 valence electrons. The lowest BCUT2D eigenvalue weighted by Gasteiger charge is -2.09. The van der Waals surface area contributed by atoms with Gasteiger partial charge in [0, 0.05) is 15.6 Å². The summed E-state index contributed by atoms with van der Waals surface area (Å²) >= 11 is 4.49. The summed E-state index contributed by atoms with van der Waals surface area (Å²) in [5.74, 6) is -2.25. The van der Waals surface area contributed by atoms with E-state index in [2.05, 4.69) is 42.0 Å². The SMILES string of the molecule is Cc1ccccc1C(=O)Oc1ccc(Br)cc1/C=N/NC(=O)C(=O)Nc1nnc(-c2ccccc2)s1. The van der Waals surface area contributed by atoms with Crippen molar-refractivity contribution >= 4 is 56.4 Å². The van der Waals surface area contributed by atoms with Crippen LogP contribution in [0.2, 0.25) is 0 Å². The highest BCUT2D eigenvalue weighted by atomic mass is 79.9. The molecule has 1 heterocycles. The molecule has 0 fully saturated rings. The molecule has 0 aliphatic rings. The molecule has 0 radical (unpaired) electrons. The lowest BCUT2D eigenvalue weighted by Crippen LogP contribution is -2.32. The molecule has 0 saturated carbocycles. The average Bonchev–Trinajstić information content (AvgIpc) is 3.34. The Kier molecular flexibility index (Phi) is 7.93. The molecule has 4 aromatic rings.